The number of hydrogen-bond acceptors (Lipinski definition) is 3. The second-order valence-electron chi connectivity index (χ2n) is 5.38. The lowest BCUT2D eigenvalue weighted by atomic mass is 10.1. The second kappa shape index (κ2) is 5.51. The van der Waals surface area contributed by atoms with Crippen molar-refractivity contribution in [3.63, 3.8) is 0 Å². The summed E-state index contributed by atoms with van der Waals surface area (Å²) in [7, 11) is -3.40. The van der Waals surface area contributed by atoms with Crippen LogP contribution in [-0.4, -0.2) is 20.5 Å². The van der Waals surface area contributed by atoms with Crippen molar-refractivity contribution in [2.45, 2.75) is 57.0 Å². The van der Waals surface area contributed by atoms with Crippen LogP contribution in [0, 0.1) is 0 Å². The highest BCUT2D eigenvalue weighted by Gasteiger charge is 2.22. The summed E-state index contributed by atoms with van der Waals surface area (Å²) in [6, 6.07) is 5.66. The summed E-state index contributed by atoms with van der Waals surface area (Å²) in [5.41, 5.74) is 2.13. The van der Waals surface area contributed by atoms with Crippen LogP contribution in [0.5, 0.6) is 0 Å². The molecule has 1 aromatic carbocycles. The van der Waals surface area contributed by atoms with Crippen LogP contribution < -0.4 is 10.0 Å². The molecule has 5 heteroatoms. The molecule has 0 bridgehead atoms. The van der Waals surface area contributed by atoms with Crippen LogP contribution in [0.2, 0.25) is 0 Å². The molecule has 1 aliphatic heterocycles. The van der Waals surface area contributed by atoms with Crippen LogP contribution in [-0.2, 0) is 16.4 Å². The average Bonchev–Trinajstić information content (AvgIpc) is 2.67. The largest absolute Gasteiger partial charge is 0.382 e. The van der Waals surface area contributed by atoms with E-state index in [1.807, 2.05) is 19.9 Å². The molecular formula is C14H22N2O2S. The maximum atomic E-state index is 12.3. The van der Waals surface area contributed by atoms with E-state index in [1.54, 1.807) is 12.1 Å². The molecule has 0 spiro atoms. The summed E-state index contributed by atoms with van der Waals surface area (Å²) in [6.45, 7) is 6.04. The van der Waals surface area contributed by atoms with Gasteiger partial charge in [0.25, 0.3) is 0 Å². The molecule has 0 amide bonds. The predicted molar refractivity (Wildman–Crippen MR) is 77.9 cm³/mol. The molecule has 1 heterocycles. The third kappa shape index (κ3) is 3.28. The molecule has 106 valence electrons. The maximum Gasteiger partial charge on any atom is 0.240 e. The molecule has 4 nitrogen and oxygen atoms in total. The molecule has 2 rings (SSSR count). The van der Waals surface area contributed by atoms with Gasteiger partial charge in [0.15, 0.2) is 0 Å². The van der Waals surface area contributed by atoms with Gasteiger partial charge in [0.05, 0.1) is 4.90 Å². The fourth-order valence-corrected chi connectivity index (χ4v) is 3.85. The monoisotopic (exact) mass is 282 g/mol. The molecule has 0 aromatic heterocycles. The van der Waals surface area contributed by atoms with Crippen molar-refractivity contribution >= 4 is 15.7 Å². The Morgan fingerprint density at radius 1 is 1.47 bits per heavy atom. The highest BCUT2D eigenvalue weighted by atomic mass is 32.2. The third-order valence-electron chi connectivity index (χ3n) is 3.39. The Bertz CT molecular complexity index is 555. The molecule has 0 fully saturated rings. The summed E-state index contributed by atoms with van der Waals surface area (Å²) >= 11 is 0. The van der Waals surface area contributed by atoms with Gasteiger partial charge >= 0.3 is 0 Å². The molecule has 0 radical (unpaired) electrons. The third-order valence-corrected chi connectivity index (χ3v) is 4.98. The lowest BCUT2D eigenvalue weighted by Crippen LogP contribution is -2.32. The molecule has 0 saturated carbocycles. The van der Waals surface area contributed by atoms with Crippen molar-refractivity contribution in [3.05, 3.63) is 23.8 Å². The van der Waals surface area contributed by atoms with Crippen LogP contribution in [0.25, 0.3) is 0 Å². The number of nitrogens with one attached hydrogen (secondary N) is 2. The molecule has 1 aliphatic rings. The van der Waals surface area contributed by atoms with Gasteiger partial charge in [-0.25, -0.2) is 13.1 Å². The Kier molecular flexibility index (Phi) is 4.16. The van der Waals surface area contributed by atoms with E-state index in [-0.39, 0.29) is 6.04 Å². The number of rotatable bonds is 5. The average molecular weight is 282 g/mol. The van der Waals surface area contributed by atoms with Gasteiger partial charge in [-0.15, -0.1) is 0 Å². The Labute approximate surface area is 115 Å². The Morgan fingerprint density at radius 2 is 2.21 bits per heavy atom. The second-order valence-corrected chi connectivity index (χ2v) is 7.09. The van der Waals surface area contributed by atoms with E-state index in [4.69, 9.17) is 0 Å². The van der Waals surface area contributed by atoms with Gasteiger partial charge in [-0.2, -0.15) is 0 Å². The van der Waals surface area contributed by atoms with Crippen LogP contribution in [0.4, 0.5) is 5.69 Å². The molecule has 2 N–H and O–H groups in total. The lowest BCUT2D eigenvalue weighted by Gasteiger charge is -2.13. The topological polar surface area (TPSA) is 58.2 Å². The Balaban J connectivity index is 2.20. The van der Waals surface area contributed by atoms with E-state index in [2.05, 4.69) is 17.0 Å². The number of benzene rings is 1. The molecule has 0 saturated heterocycles. The van der Waals surface area contributed by atoms with Gasteiger partial charge in [-0.05, 0) is 50.5 Å². The minimum absolute atomic E-state index is 0.0275. The van der Waals surface area contributed by atoms with Gasteiger partial charge in [0, 0.05) is 17.8 Å². The highest BCUT2D eigenvalue weighted by Crippen LogP contribution is 2.28. The number of anilines is 1. The smallest absolute Gasteiger partial charge is 0.240 e. The quantitative estimate of drug-likeness (QED) is 0.872. The maximum absolute atomic E-state index is 12.3. The minimum Gasteiger partial charge on any atom is -0.382 e. The van der Waals surface area contributed by atoms with Crippen molar-refractivity contribution in [1.29, 1.82) is 0 Å². The Hall–Kier alpha value is -1.07. The minimum atomic E-state index is -3.40. The van der Waals surface area contributed by atoms with Crippen molar-refractivity contribution in [1.82, 2.24) is 4.72 Å². The molecule has 19 heavy (non-hydrogen) atoms. The van der Waals surface area contributed by atoms with E-state index in [0.29, 0.717) is 10.9 Å². The van der Waals surface area contributed by atoms with Crippen molar-refractivity contribution in [2.24, 2.45) is 0 Å². The molecule has 0 aliphatic carbocycles. The van der Waals surface area contributed by atoms with Crippen molar-refractivity contribution in [3.8, 4) is 0 Å². The van der Waals surface area contributed by atoms with Gasteiger partial charge in [-0.3, -0.25) is 0 Å². The van der Waals surface area contributed by atoms with Crippen LogP contribution in [0.3, 0.4) is 0 Å². The first-order chi connectivity index (χ1) is 8.92. The zero-order chi connectivity index (χ0) is 14.0. The van der Waals surface area contributed by atoms with Gasteiger partial charge < -0.3 is 5.32 Å². The number of fused-ring (bicyclic) bond motifs is 1. The fourth-order valence-electron chi connectivity index (χ4n) is 2.52. The van der Waals surface area contributed by atoms with Gasteiger partial charge in [0.2, 0.25) is 10.0 Å². The first-order valence-electron chi connectivity index (χ1n) is 6.84. The van der Waals surface area contributed by atoms with E-state index in [0.717, 1.165) is 30.5 Å². The standard InChI is InChI=1S/C14H22N2O2S/c1-4-5-10(2)16-19(17,18)13-6-7-14-12(9-13)8-11(3)15-14/h6-7,9-11,15-16H,4-5,8H2,1-3H3/t10-,11+/m1/s1. The zero-order valence-electron chi connectivity index (χ0n) is 11.7. The van der Waals surface area contributed by atoms with E-state index in [9.17, 15) is 8.42 Å². The summed E-state index contributed by atoms with van der Waals surface area (Å²) in [5, 5.41) is 3.32. The fraction of sp³-hybridized carbons (Fsp3) is 0.571. The normalized spacial score (nSPS) is 19.8. The number of sulfonamides is 1. The van der Waals surface area contributed by atoms with Crippen LogP contribution in [0.15, 0.2) is 23.1 Å². The SMILES string of the molecule is CCC[C@@H](C)NS(=O)(=O)c1ccc2c(c1)C[C@H](C)N2. The number of hydrogen-bond donors (Lipinski definition) is 2. The van der Waals surface area contributed by atoms with E-state index < -0.39 is 10.0 Å². The molecule has 2 atom stereocenters. The van der Waals surface area contributed by atoms with Crippen LogP contribution >= 0.6 is 0 Å². The molecule has 0 unspecified atom stereocenters. The summed E-state index contributed by atoms with van der Waals surface area (Å²) in [6.07, 6.45) is 2.70. The van der Waals surface area contributed by atoms with Crippen molar-refractivity contribution < 1.29 is 8.42 Å². The summed E-state index contributed by atoms with van der Waals surface area (Å²) in [5.74, 6) is 0. The summed E-state index contributed by atoms with van der Waals surface area (Å²) < 4.78 is 27.3. The Morgan fingerprint density at radius 3 is 2.89 bits per heavy atom. The lowest BCUT2D eigenvalue weighted by molar-refractivity contribution is 0.544. The van der Waals surface area contributed by atoms with E-state index >= 15 is 0 Å². The molecular weight excluding hydrogens is 260 g/mol. The zero-order valence-corrected chi connectivity index (χ0v) is 12.5. The first-order valence-corrected chi connectivity index (χ1v) is 8.32. The molecule has 1 aromatic rings. The first kappa shape index (κ1) is 14.3. The van der Waals surface area contributed by atoms with Crippen molar-refractivity contribution in [2.75, 3.05) is 5.32 Å². The van der Waals surface area contributed by atoms with E-state index in [1.165, 1.54) is 0 Å². The predicted octanol–water partition coefficient (Wildman–Crippen LogP) is 2.51. The highest BCUT2D eigenvalue weighted by molar-refractivity contribution is 7.89. The summed E-state index contributed by atoms with van der Waals surface area (Å²) in [4.78, 5) is 0.366. The van der Waals surface area contributed by atoms with Gasteiger partial charge in [0.1, 0.15) is 0 Å². The van der Waals surface area contributed by atoms with Gasteiger partial charge in [-0.1, -0.05) is 13.3 Å². The van der Waals surface area contributed by atoms with Crippen LogP contribution in [0.1, 0.15) is 39.2 Å².